The van der Waals surface area contributed by atoms with Gasteiger partial charge in [0.05, 0.1) is 5.52 Å². The van der Waals surface area contributed by atoms with Crippen LogP contribution in [0.15, 0.2) is 48.7 Å². The number of hydrogen-bond donors (Lipinski definition) is 1. The van der Waals surface area contributed by atoms with Gasteiger partial charge in [-0.2, -0.15) is 13.2 Å². The fourth-order valence-corrected chi connectivity index (χ4v) is 5.11. The number of halogens is 3. The summed E-state index contributed by atoms with van der Waals surface area (Å²) in [5.41, 5.74) is 8.84. The predicted molar refractivity (Wildman–Crippen MR) is 123 cm³/mol. The quantitative estimate of drug-likeness (QED) is 0.466. The zero-order valence-electron chi connectivity index (χ0n) is 18.8. The number of alkyl halides is 3. The SMILES string of the molecule is C[C@]1(N)CCN([C@H](c2ccc3nnc(-c4ccc5cccc(C6CC6)c5n4)n3c2)C(F)(F)F)C1. The van der Waals surface area contributed by atoms with Gasteiger partial charge in [-0.25, -0.2) is 4.98 Å². The third kappa shape index (κ3) is 3.73. The van der Waals surface area contributed by atoms with Gasteiger partial charge in [0.2, 0.25) is 0 Å². The van der Waals surface area contributed by atoms with E-state index in [9.17, 15) is 13.2 Å². The number of para-hydroxylation sites is 1. The van der Waals surface area contributed by atoms with E-state index in [0.29, 0.717) is 36.0 Å². The van der Waals surface area contributed by atoms with E-state index < -0.39 is 17.8 Å². The molecular weight excluding hydrogens is 441 g/mol. The Morgan fingerprint density at radius 1 is 1.09 bits per heavy atom. The Balaban J connectivity index is 1.45. The molecule has 2 fully saturated rings. The van der Waals surface area contributed by atoms with Crippen LogP contribution < -0.4 is 5.73 Å². The third-order valence-corrected chi connectivity index (χ3v) is 6.95. The second-order valence-corrected chi connectivity index (χ2v) is 9.92. The van der Waals surface area contributed by atoms with Gasteiger partial charge < -0.3 is 5.73 Å². The monoisotopic (exact) mass is 466 g/mol. The number of hydrogen-bond acceptors (Lipinski definition) is 5. The molecule has 4 aromatic rings. The summed E-state index contributed by atoms with van der Waals surface area (Å²) >= 11 is 0. The summed E-state index contributed by atoms with van der Waals surface area (Å²) in [6, 6.07) is 11.3. The van der Waals surface area contributed by atoms with E-state index >= 15 is 0 Å². The predicted octanol–water partition coefficient (Wildman–Crippen LogP) is 4.85. The number of pyridine rings is 2. The Morgan fingerprint density at radius 3 is 2.62 bits per heavy atom. The van der Waals surface area contributed by atoms with Crippen molar-refractivity contribution in [2.75, 3.05) is 13.1 Å². The molecule has 0 amide bonds. The molecule has 0 bridgehead atoms. The first-order valence-electron chi connectivity index (χ1n) is 11.5. The number of benzene rings is 1. The molecule has 1 aliphatic heterocycles. The van der Waals surface area contributed by atoms with Gasteiger partial charge >= 0.3 is 6.18 Å². The molecule has 3 aromatic heterocycles. The Morgan fingerprint density at radius 2 is 1.91 bits per heavy atom. The molecule has 176 valence electrons. The zero-order chi connectivity index (χ0) is 23.7. The molecule has 0 radical (unpaired) electrons. The van der Waals surface area contributed by atoms with E-state index in [-0.39, 0.29) is 12.1 Å². The van der Waals surface area contributed by atoms with Gasteiger partial charge in [0.15, 0.2) is 11.5 Å². The van der Waals surface area contributed by atoms with Crippen molar-refractivity contribution in [2.45, 2.75) is 49.9 Å². The van der Waals surface area contributed by atoms with Crippen molar-refractivity contribution < 1.29 is 13.2 Å². The van der Waals surface area contributed by atoms with Crippen LogP contribution in [0.25, 0.3) is 28.1 Å². The molecule has 6 rings (SSSR count). The number of rotatable bonds is 4. The zero-order valence-corrected chi connectivity index (χ0v) is 18.8. The van der Waals surface area contributed by atoms with Crippen LogP contribution in [-0.4, -0.2) is 49.3 Å². The summed E-state index contributed by atoms with van der Waals surface area (Å²) in [6.45, 7) is 2.27. The fourth-order valence-electron chi connectivity index (χ4n) is 5.11. The highest BCUT2D eigenvalue weighted by Gasteiger charge is 2.48. The van der Waals surface area contributed by atoms with Gasteiger partial charge in [-0.1, -0.05) is 30.3 Å². The van der Waals surface area contributed by atoms with Gasteiger partial charge in [-0.05, 0) is 55.4 Å². The van der Waals surface area contributed by atoms with Crippen LogP contribution >= 0.6 is 0 Å². The highest BCUT2D eigenvalue weighted by atomic mass is 19.4. The number of nitrogens with two attached hydrogens (primary N) is 1. The molecule has 4 heterocycles. The van der Waals surface area contributed by atoms with Crippen molar-refractivity contribution in [2.24, 2.45) is 5.73 Å². The van der Waals surface area contributed by atoms with Crippen molar-refractivity contribution >= 4 is 16.6 Å². The standard InChI is InChI=1S/C25H25F3N6/c1-24(29)11-12-33(14-24)22(25(26,27)28)17-8-10-20-31-32-23(34(20)13-17)19-9-7-16-3-2-4-18(15-5-6-15)21(16)30-19/h2-4,7-10,13,15,22H,5-6,11-12,14,29H2,1H3/t22-,24+/m1/s1. The normalized spacial score (nSPS) is 22.6. The first kappa shape index (κ1) is 21.5. The topological polar surface area (TPSA) is 72.3 Å². The lowest BCUT2D eigenvalue weighted by molar-refractivity contribution is -0.184. The van der Waals surface area contributed by atoms with Crippen LogP contribution in [-0.2, 0) is 0 Å². The van der Waals surface area contributed by atoms with Crippen LogP contribution in [0, 0.1) is 0 Å². The summed E-state index contributed by atoms with van der Waals surface area (Å²) in [5.74, 6) is 0.949. The minimum Gasteiger partial charge on any atom is -0.324 e. The van der Waals surface area contributed by atoms with Crippen molar-refractivity contribution in [3.05, 3.63) is 59.8 Å². The number of likely N-dealkylation sites (tertiary alicyclic amines) is 1. The van der Waals surface area contributed by atoms with Crippen LogP contribution in [0.5, 0.6) is 0 Å². The second kappa shape index (κ2) is 7.48. The average molecular weight is 467 g/mol. The van der Waals surface area contributed by atoms with Crippen molar-refractivity contribution in [3.8, 4) is 11.5 Å². The summed E-state index contributed by atoms with van der Waals surface area (Å²) in [5, 5.41) is 9.51. The van der Waals surface area contributed by atoms with Gasteiger partial charge in [-0.15, -0.1) is 10.2 Å². The summed E-state index contributed by atoms with van der Waals surface area (Å²) in [6.07, 6.45) is -0.126. The maximum absolute atomic E-state index is 14.2. The van der Waals surface area contributed by atoms with E-state index in [1.165, 1.54) is 22.7 Å². The molecule has 6 nitrogen and oxygen atoms in total. The van der Waals surface area contributed by atoms with Gasteiger partial charge in [0.1, 0.15) is 11.7 Å². The minimum absolute atomic E-state index is 0.137. The van der Waals surface area contributed by atoms with Gasteiger partial charge in [0, 0.05) is 30.2 Å². The van der Waals surface area contributed by atoms with E-state index in [4.69, 9.17) is 10.7 Å². The Hall–Kier alpha value is -3.04. The molecule has 2 N–H and O–H groups in total. The molecule has 2 atom stereocenters. The molecule has 0 spiro atoms. The fraction of sp³-hybridized carbons (Fsp3) is 0.400. The van der Waals surface area contributed by atoms with Crippen LogP contribution in [0.3, 0.4) is 0 Å². The molecule has 34 heavy (non-hydrogen) atoms. The van der Waals surface area contributed by atoms with Crippen LogP contribution in [0.2, 0.25) is 0 Å². The number of aromatic nitrogens is 4. The highest BCUT2D eigenvalue weighted by molar-refractivity contribution is 5.84. The van der Waals surface area contributed by atoms with Gasteiger partial charge in [0.25, 0.3) is 0 Å². The van der Waals surface area contributed by atoms with E-state index in [1.807, 2.05) is 24.3 Å². The highest BCUT2D eigenvalue weighted by Crippen LogP contribution is 2.43. The van der Waals surface area contributed by atoms with Crippen molar-refractivity contribution in [1.29, 1.82) is 0 Å². The third-order valence-electron chi connectivity index (χ3n) is 6.95. The molecular formula is C25H25F3N6. The van der Waals surface area contributed by atoms with Crippen molar-refractivity contribution in [3.63, 3.8) is 0 Å². The second-order valence-electron chi connectivity index (χ2n) is 9.92. The molecule has 9 heteroatoms. The van der Waals surface area contributed by atoms with Crippen molar-refractivity contribution in [1.82, 2.24) is 24.5 Å². The Bertz CT molecular complexity index is 1390. The van der Waals surface area contributed by atoms with E-state index in [0.717, 1.165) is 23.7 Å². The van der Waals surface area contributed by atoms with Crippen LogP contribution in [0.4, 0.5) is 13.2 Å². The molecule has 1 saturated carbocycles. The number of nitrogens with zero attached hydrogens (tertiary/aromatic N) is 5. The molecule has 1 aromatic carbocycles. The maximum Gasteiger partial charge on any atom is 0.408 e. The summed E-state index contributed by atoms with van der Waals surface area (Å²) in [7, 11) is 0. The summed E-state index contributed by atoms with van der Waals surface area (Å²) in [4.78, 5) is 6.29. The molecule has 1 saturated heterocycles. The average Bonchev–Trinajstić information content (AvgIpc) is 3.45. The van der Waals surface area contributed by atoms with Crippen LogP contribution in [0.1, 0.15) is 49.3 Å². The lowest BCUT2D eigenvalue weighted by Gasteiger charge is -2.31. The Labute approximate surface area is 194 Å². The molecule has 2 aliphatic rings. The Kier molecular flexibility index (Phi) is 4.73. The minimum atomic E-state index is -4.44. The lowest BCUT2D eigenvalue weighted by Crippen LogP contribution is -2.43. The lowest BCUT2D eigenvalue weighted by atomic mass is 10.0. The maximum atomic E-state index is 14.2. The van der Waals surface area contributed by atoms with E-state index in [1.54, 1.807) is 17.4 Å². The van der Waals surface area contributed by atoms with Gasteiger partial charge in [-0.3, -0.25) is 9.30 Å². The number of fused-ring (bicyclic) bond motifs is 2. The first-order valence-corrected chi connectivity index (χ1v) is 11.5. The molecule has 0 unspecified atom stereocenters. The largest absolute Gasteiger partial charge is 0.408 e. The first-order chi connectivity index (χ1) is 16.2. The molecule has 1 aliphatic carbocycles. The summed E-state index contributed by atoms with van der Waals surface area (Å²) < 4.78 is 44.3. The van der Waals surface area contributed by atoms with E-state index in [2.05, 4.69) is 16.3 Å². The smallest absolute Gasteiger partial charge is 0.324 e.